The van der Waals surface area contributed by atoms with Gasteiger partial charge in [0.2, 0.25) is 0 Å². The van der Waals surface area contributed by atoms with Crippen molar-refractivity contribution >= 4 is 0 Å². The van der Waals surface area contributed by atoms with Gasteiger partial charge in [0.05, 0.1) is 39.6 Å². The van der Waals surface area contributed by atoms with E-state index in [2.05, 4.69) is 72.8 Å². The summed E-state index contributed by atoms with van der Waals surface area (Å²) in [4.78, 5) is 0. The van der Waals surface area contributed by atoms with Crippen molar-refractivity contribution < 1.29 is 18.9 Å². The first-order valence-corrected chi connectivity index (χ1v) is 10.1. The molecule has 4 nitrogen and oxygen atoms in total. The Bertz CT molecular complexity index is 705. The highest BCUT2D eigenvalue weighted by atomic mass is 16.5. The normalized spacial score (nSPS) is 10.3. The third-order valence-electron chi connectivity index (χ3n) is 4.30. The van der Waals surface area contributed by atoms with Crippen LogP contribution in [0.3, 0.4) is 0 Å². The molecule has 0 radical (unpaired) electrons. The summed E-state index contributed by atoms with van der Waals surface area (Å²) < 4.78 is 20.7. The minimum atomic E-state index is 0.619. The second-order valence-corrected chi connectivity index (χ2v) is 6.64. The number of hydrogen-bond acceptors (Lipinski definition) is 4. The second-order valence-electron chi connectivity index (χ2n) is 6.64. The first-order valence-electron chi connectivity index (χ1n) is 10.1. The van der Waals surface area contributed by atoms with Crippen LogP contribution >= 0.6 is 0 Å². The van der Waals surface area contributed by atoms with Crippen LogP contribution in [0.5, 0.6) is 0 Å². The van der Waals surface area contributed by atoms with Crippen LogP contribution in [0.2, 0.25) is 0 Å². The largest absolute Gasteiger partial charge is 0.382 e. The average Bonchev–Trinajstić information content (AvgIpc) is 2.82. The summed E-state index contributed by atoms with van der Waals surface area (Å²) in [5.74, 6) is 0. The maximum absolute atomic E-state index is 5.44. The van der Waals surface area contributed by atoms with E-state index in [9.17, 15) is 0 Å². The Morgan fingerprint density at radius 2 is 0.833 bits per heavy atom. The van der Waals surface area contributed by atoms with Gasteiger partial charge in [0.15, 0.2) is 0 Å². The Hall–Kier alpha value is -2.50. The van der Waals surface area contributed by atoms with Crippen LogP contribution < -0.4 is 0 Å². The van der Waals surface area contributed by atoms with Crippen LogP contribution in [0.15, 0.2) is 84.9 Å². The lowest BCUT2D eigenvalue weighted by atomic mass is 10.1. The molecule has 0 amide bonds. The fourth-order valence-corrected chi connectivity index (χ4v) is 2.66. The van der Waals surface area contributed by atoms with Crippen molar-refractivity contribution in [2.75, 3.05) is 40.6 Å². The van der Waals surface area contributed by atoms with Crippen molar-refractivity contribution in [3.05, 3.63) is 96.1 Å². The zero-order chi connectivity index (χ0) is 21.3. The molecule has 3 rings (SSSR count). The summed E-state index contributed by atoms with van der Waals surface area (Å²) in [6, 6.07) is 29.0. The van der Waals surface area contributed by atoms with Crippen molar-refractivity contribution in [1.82, 2.24) is 0 Å². The van der Waals surface area contributed by atoms with Gasteiger partial charge in [-0.3, -0.25) is 0 Å². The maximum Gasteiger partial charge on any atom is 0.0718 e. The molecule has 0 bridgehead atoms. The van der Waals surface area contributed by atoms with E-state index in [4.69, 9.17) is 18.9 Å². The molecule has 0 spiro atoms. The van der Waals surface area contributed by atoms with Gasteiger partial charge in [0, 0.05) is 14.2 Å². The minimum Gasteiger partial charge on any atom is -0.382 e. The Balaban J connectivity index is 0.000000230. The SMILES string of the molecule is COCCOCc1ccc(COCCOC)cc1.c1ccc(-c2ccccc2)cc1. The van der Waals surface area contributed by atoms with E-state index in [1.807, 2.05) is 12.1 Å². The van der Waals surface area contributed by atoms with Gasteiger partial charge in [-0.2, -0.15) is 0 Å². The third kappa shape index (κ3) is 9.81. The fraction of sp³-hybridized carbons (Fsp3) is 0.308. The minimum absolute atomic E-state index is 0.619. The zero-order valence-corrected chi connectivity index (χ0v) is 18.0. The molecule has 160 valence electrons. The quantitative estimate of drug-likeness (QED) is 0.400. The van der Waals surface area contributed by atoms with Gasteiger partial charge in [0.1, 0.15) is 0 Å². The van der Waals surface area contributed by atoms with E-state index in [0.29, 0.717) is 39.6 Å². The molecule has 4 heteroatoms. The lowest BCUT2D eigenvalue weighted by Crippen LogP contribution is -2.03. The molecule has 0 atom stereocenters. The van der Waals surface area contributed by atoms with Crippen LogP contribution in [0.25, 0.3) is 11.1 Å². The maximum atomic E-state index is 5.44. The Morgan fingerprint density at radius 3 is 1.17 bits per heavy atom. The van der Waals surface area contributed by atoms with Crippen LogP contribution in [-0.2, 0) is 32.2 Å². The topological polar surface area (TPSA) is 36.9 Å². The molecule has 3 aromatic rings. The van der Waals surface area contributed by atoms with E-state index in [0.717, 1.165) is 11.1 Å². The predicted octanol–water partition coefficient (Wildman–Crippen LogP) is 5.37. The van der Waals surface area contributed by atoms with Gasteiger partial charge in [0.25, 0.3) is 0 Å². The molecule has 30 heavy (non-hydrogen) atoms. The molecule has 0 aliphatic carbocycles. The molecule has 0 N–H and O–H groups in total. The molecular weight excluding hydrogens is 376 g/mol. The van der Waals surface area contributed by atoms with Gasteiger partial charge >= 0.3 is 0 Å². The molecule has 0 saturated heterocycles. The highest BCUT2D eigenvalue weighted by Crippen LogP contribution is 2.17. The molecule has 0 unspecified atom stereocenters. The Morgan fingerprint density at radius 1 is 0.467 bits per heavy atom. The highest BCUT2D eigenvalue weighted by molar-refractivity contribution is 5.62. The van der Waals surface area contributed by atoms with Crippen molar-refractivity contribution in [3.8, 4) is 11.1 Å². The standard InChI is InChI=1S/C14H22O4.C12H10/c1-15-7-9-17-11-13-3-5-14(6-4-13)12-18-10-8-16-2;1-3-7-11(8-4-1)12-9-5-2-6-10-12/h3-6H,7-12H2,1-2H3;1-10H. The molecule has 0 aromatic heterocycles. The monoisotopic (exact) mass is 408 g/mol. The van der Waals surface area contributed by atoms with E-state index in [1.54, 1.807) is 14.2 Å². The fourth-order valence-electron chi connectivity index (χ4n) is 2.66. The van der Waals surface area contributed by atoms with Gasteiger partial charge in [-0.05, 0) is 22.3 Å². The van der Waals surface area contributed by atoms with Crippen LogP contribution in [-0.4, -0.2) is 40.6 Å². The smallest absolute Gasteiger partial charge is 0.0718 e. The molecule has 0 saturated carbocycles. The summed E-state index contributed by atoms with van der Waals surface area (Å²) in [5, 5.41) is 0. The van der Waals surface area contributed by atoms with Crippen molar-refractivity contribution in [2.45, 2.75) is 13.2 Å². The van der Waals surface area contributed by atoms with Crippen molar-refractivity contribution in [2.24, 2.45) is 0 Å². The van der Waals surface area contributed by atoms with Gasteiger partial charge < -0.3 is 18.9 Å². The van der Waals surface area contributed by atoms with Gasteiger partial charge in [-0.15, -0.1) is 0 Å². The summed E-state index contributed by atoms with van der Waals surface area (Å²) in [7, 11) is 3.34. The van der Waals surface area contributed by atoms with Crippen molar-refractivity contribution in [3.63, 3.8) is 0 Å². The molecule has 0 fully saturated rings. The van der Waals surface area contributed by atoms with E-state index in [-0.39, 0.29) is 0 Å². The number of methoxy groups -OCH3 is 2. The lowest BCUT2D eigenvalue weighted by Gasteiger charge is -2.06. The average molecular weight is 409 g/mol. The molecule has 0 aliphatic rings. The summed E-state index contributed by atoms with van der Waals surface area (Å²) in [5.41, 5.74) is 4.87. The lowest BCUT2D eigenvalue weighted by molar-refractivity contribution is 0.0605. The first kappa shape index (κ1) is 23.8. The van der Waals surface area contributed by atoms with E-state index >= 15 is 0 Å². The summed E-state index contributed by atoms with van der Waals surface area (Å²) in [6.45, 7) is 3.75. The third-order valence-corrected chi connectivity index (χ3v) is 4.30. The predicted molar refractivity (Wildman–Crippen MR) is 121 cm³/mol. The van der Waals surface area contributed by atoms with Crippen molar-refractivity contribution in [1.29, 1.82) is 0 Å². The Labute approximate surface area is 180 Å². The highest BCUT2D eigenvalue weighted by Gasteiger charge is 1.96. The van der Waals surface area contributed by atoms with E-state index < -0.39 is 0 Å². The first-order chi connectivity index (χ1) is 14.8. The number of rotatable bonds is 11. The number of hydrogen-bond donors (Lipinski definition) is 0. The van der Waals surface area contributed by atoms with Crippen LogP contribution in [0.1, 0.15) is 11.1 Å². The molecule has 0 aliphatic heterocycles. The summed E-state index contributed by atoms with van der Waals surface area (Å²) in [6.07, 6.45) is 0. The Kier molecular flexibility index (Phi) is 12.2. The van der Waals surface area contributed by atoms with Crippen LogP contribution in [0.4, 0.5) is 0 Å². The number of ether oxygens (including phenoxy) is 4. The second kappa shape index (κ2) is 15.4. The van der Waals surface area contributed by atoms with E-state index in [1.165, 1.54) is 11.1 Å². The molecule has 3 aromatic carbocycles. The zero-order valence-electron chi connectivity index (χ0n) is 18.0. The molecular formula is C26H32O4. The van der Waals surface area contributed by atoms with Gasteiger partial charge in [-0.1, -0.05) is 84.9 Å². The number of benzene rings is 3. The molecule has 0 heterocycles. The van der Waals surface area contributed by atoms with Gasteiger partial charge in [-0.25, -0.2) is 0 Å². The van der Waals surface area contributed by atoms with Crippen LogP contribution in [0, 0.1) is 0 Å². The summed E-state index contributed by atoms with van der Waals surface area (Å²) >= 11 is 0.